The molecule has 0 amide bonds. The lowest BCUT2D eigenvalue weighted by Crippen LogP contribution is -2.29. The molecule has 0 saturated carbocycles. The number of rotatable bonds is 4. The fourth-order valence-corrected chi connectivity index (χ4v) is 5.00. The third kappa shape index (κ3) is 3.55. The maximum atomic E-state index is 13.0. The van der Waals surface area contributed by atoms with Crippen LogP contribution in [0.3, 0.4) is 0 Å². The molecule has 3 nitrogen and oxygen atoms in total. The van der Waals surface area contributed by atoms with Gasteiger partial charge in [-0.25, -0.2) is 13.1 Å². The van der Waals surface area contributed by atoms with Crippen LogP contribution in [0.25, 0.3) is 0 Å². The van der Waals surface area contributed by atoms with Gasteiger partial charge in [0, 0.05) is 6.04 Å². The van der Waals surface area contributed by atoms with Crippen molar-refractivity contribution >= 4 is 10.0 Å². The first kappa shape index (κ1) is 18.7. The van der Waals surface area contributed by atoms with Crippen molar-refractivity contribution in [1.29, 1.82) is 0 Å². The summed E-state index contributed by atoms with van der Waals surface area (Å²) in [5.74, 6) is 0. The first-order valence-corrected chi connectivity index (χ1v) is 9.69. The topological polar surface area (TPSA) is 46.2 Å². The smallest absolute Gasteiger partial charge is 0.207 e. The molecule has 130 valence electrons. The maximum Gasteiger partial charge on any atom is 0.241 e. The zero-order valence-electron chi connectivity index (χ0n) is 15.6. The predicted molar refractivity (Wildman–Crippen MR) is 100 cm³/mol. The lowest BCUT2D eigenvalue weighted by atomic mass is 10.0. The maximum absolute atomic E-state index is 13.0. The molecular formula is C20H27NO2S. The number of sulfonamides is 1. The van der Waals surface area contributed by atoms with Gasteiger partial charge in [0.1, 0.15) is 0 Å². The van der Waals surface area contributed by atoms with Gasteiger partial charge in [-0.1, -0.05) is 29.8 Å². The molecule has 0 aliphatic carbocycles. The van der Waals surface area contributed by atoms with Crippen molar-refractivity contribution in [3.05, 3.63) is 63.2 Å². The van der Waals surface area contributed by atoms with Crippen molar-refractivity contribution in [3.8, 4) is 0 Å². The van der Waals surface area contributed by atoms with Gasteiger partial charge in [-0.05, 0) is 81.8 Å². The largest absolute Gasteiger partial charge is 0.241 e. The zero-order chi connectivity index (χ0) is 18.2. The SMILES string of the molecule is Cc1ccc(C)c(C(C)NS(=O)(=O)c2c(C)c(C)cc(C)c2C)c1. The van der Waals surface area contributed by atoms with Crippen LogP contribution < -0.4 is 4.72 Å². The van der Waals surface area contributed by atoms with Gasteiger partial charge < -0.3 is 0 Å². The van der Waals surface area contributed by atoms with Crippen molar-refractivity contribution in [3.63, 3.8) is 0 Å². The van der Waals surface area contributed by atoms with Crippen molar-refractivity contribution in [2.24, 2.45) is 0 Å². The molecule has 4 heteroatoms. The highest BCUT2D eigenvalue weighted by atomic mass is 32.2. The number of aryl methyl sites for hydroxylation is 4. The average Bonchev–Trinajstić information content (AvgIpc) is 2.47. The Morgan fingerprint density at radius 2 is 1.38 bits per heavy atom. The van der Waals surface area contributed by atoms with E-state index in [0.29, 0.717) is 4.90 Å². The summed E-state index contributed by atoms with van der Waals surface area (Å²) >= 11 is 0. The summed E-state index contributed by atoms with van der Waals surface area (Å²) < 4.78 is 29.0. The van der Waals surface area contributed by atoms with Gasteiger partial charge in [-0.3, -0.25) is 0 Å². The first-order chi connectivity index (χ1) is 11.0. The van der Waals surface area contributed by atoms with E-state index in [9.17, 15) is 8.42 Å². The molecule has 0 aliphatic rings. The average molecular weight is 346 g/mol. The van der Waals surface area contributed by atoms with Gasteiger partial charge >= 0.3 is 0 Å². The third-order valence-corrected chi connectivity index (χ3v) is 6.61. The van der Waals surface area contributed by atoms with Crippen LogP contribution in [0.4, 0.5) is 0 Å². The Morgan fingerprint density at radius 1 is 0.833 bits per heavy atom. The highest BCUT2D eigenvalue weighted by molar-refractivity contribution is 7.89. The van der Waals surface area contributed by atoms with Crippen LogP contribution in [-0.4, -0.2) is 8.42 Å². The Hall–Kier alpha value is -1.65. The molecule has 24 heavy (non-hydrogen) atoms. The molecule has 0 fully saturated rings. The van der Waals surface area contributed by atoms with Crippen LogP contribution in [0.15, 0.2) is 29.2 Å². The lowest BCUT2D eigenvalue weighted by Gasteiger charge is -2.21. The number of benzene rings is 2. The number of hydrogen-bond acceptors (Lipinski definition) is 2. The lowest BCUT2D eigenvalue weighted by molar-refractivity contribution is 0.565. The van der Waals surface area contributed by atoms with Crippen molar-refractivity contribution in [2.45, 2.75) is 59.4 Å². The highest BCUT2D eigenvalue weighted by Crippen LogP contribution is 2.28. The summed E-state index contributed by atoms with van der Waals surface area (Å²) in [5.41, 5.74) is 6.86. The van der Waals surface area contributed by atoms with Gasteiger partial charge in [-0.15, -0.1) is 0 Å². The fraction of sp³-hybridized carbons (Fsp3) is 0.400. The van der Waals surface area contributed by atoms with E-state index < -0.39 is 10.0 Å². The molecule has 1 N–H and O–H groups in total. The van der Waals surface area contributed by atoms with Gasteiger partial charge in [0.15, 0.2) is 0 Å². The van der Waals surface area contributed by atoms with E-state index in [4.69, 9.17) is 0 Å². The normalized spacial score (nSPS) is 13.1. The Labute approximate surface area is 146 Å². The summed E-state index contributed by atoms with van der Waals surface area (Å²) in [5, 5.41) is 0. The Balaban J connectivity index is 2.48. The Bertz CT molecular complexity index is 857. The van der Waals surface area contributed by atoms with E-state index in [-0.39, 0.29) is 6.04 Å². The number of hydrogen-bond donors (Lipinski definition) is 1. The third-order valence-electron chi connectivity index (χ3n) is 4.80. The van der Waals surface area contributed by atoms with E-state index in [2.05, 4.69) is 4.72 Å². The second-order valence-electron chi connectivity index (χ2n) is 6.79. The molecule has 0 spiro atoms. The summed E-state index contributed by atoms with van der Waals surface area (Å²) in [6.45, 7) is 13.6. The molecule has 2 aromatic rings. The minimum Gasteiger partial charge on any atom is -0.207 e. The van der Waals surface area contributed by atoms with Crippen LogP contribution in [0, 0.1) is 41.5 Å². The summed E-state index contributed by atoms with van der Waals surface area (Å²) in [4.78, 5) is 0.414. The molecule has 1 atom stereocenters. The minimum atomic E-state index is -3.59. The quantitative estimate of drug-likeness (QED) is 0.882. The predicted octanol–water partition coefficient (Wildman–Crippen LogP) is 4.58. The molecule has 2 rings (SSSR count). The van der Waals surface area contributed by atoms with Crippen molar-refractivity contribution < 1.29 is 8.42 Å². The monoisotopic (exact) mass is 345 g/mol. The minimum absolute atomic E-state index is 0.283. The molecule has 0 saturated heterocycles. The molecule has 0 heterocycles. The van der Waals surface area contributed by atoms with E-state index in [0.717, 1.165) is 38.9 Å². The van der Waals surface area contributed by atoms with Gasteiger partial charge in [0.2, 0.25) is 10.0 Å². The molecule has 0 bridgehead atoms. The molecule has 0 aromatic heterocycles. The van der Waals surface area contributed by atoms with E-state index >= 15 is 0 Å². The van der Waals surface area contributed by atoms with Gasteiger partial charge in [0.25, 0.3) is 0 Å². The highest BCUT2D eigenvalue weighted by Gasteiger charge is 2.24. The zero-order valence-corrected chi connectivity index (χ0v) is 16.4. The van der Waals surface area contributed by atoms with Crippen molar-refractivity contribution in [2.75, 3.05) is 0 Å². The molecule has 1 unspecified atom stereocenters. The second kappa shape index (κ2) is 6.69. The van der Waals surface area contributed by atoms with Crippen LogP contribution >= 0.6 is 0 Å². The summed E-state index contributed by atoms with van der Waals surface area (Å²) in [6, 6.07) is 7.87. The Morgan fingerprint density at radius 3 is 1.92 bits per heavy atom. The molecule has 2 aromatic carbocycles. The fourth-order valence-electron chi connectivity index (χ4n) is 3.17. The van der Waals surface area contributed by atoms with E-state index in [1.807, 2.05) is 72.7 Å². The standard InChI is InChI=1S/C20H27NO2S/c1-12-8-9-13(2)19(10-12)18(7)21-24(22,23)20-16(5)14(3)11-15(4)17(20)6/h8-11,18,21H,1-7H3. The van der Waals surface area contributed by atoms with Crippen molar-refractivity contribution in [1.82, 2.24) is 4.72 Å². The van der Waals surface area contributed by atoms with Gasteiger partial charge in [0.05, 0.1) is 4.90 Å². The second-order valence-corrected chi connectivity index (χ2v) is 8.44. The molecular weight excluding hydrogens is 318 g/mol. The molecule has 0 radical (unpaired) electrons. The van der Waals surface area contributed by atoms with Crippen LogP contribution in [-0.2, 0) is 10.0 Å². The van der Waals surface area contributed by atoms with Gasteiger partial charge in [-0.2, -0.15) is 0 Å². The summed E-state index contributed by atoms with van der Waals surface area (Å²) in [7, 11) is -3.59. The molecule has 0 aliphatic heterocycles. The Kier molecular flexibility index (Phi) is 5.21. The van der Waals surface area contributed by atoms with E-state index in [1.54, 1.807) is 0 Å². The summed E-state index contributed by atoms with van der Waals surface area (Å²) in [6.07, 6.45) is 0. The van der Waals surface area contributed by atoms with Crippen LogP contribution in [0.2, 0.25) is 0 Å². The number of nitrogens with one attached hydrogen (secondary N) is 1. The van der Waals surface area contributed by atoms with E-state index in [1.165, 1.54) is 0 Å². The van der Waals surface area contributed by atoms with Crippen LogP contribution in [0.5, 0.6) is 0 Å². The first-order valence-electron chi connectivity index (χ1n) is 8.21. The van der Waals surface area contributed by atoms with Crippen LogP contribution in [0.1, 0.15) is 51.9 Å².